The molecular formula is C28H27NO2S2. The molecule has 3 nitrogen and oxygen atoms in total. The average Bonchev–Trinajstić information content (AvgIpc) is 3.61. The van der Waals surface area contributed by atoms with E-state index in [2.05, 4.69) is 68.4 Å². The standard InChI is InChI=1S/C28H27NO2S2/c1-18-14-23(12-13-26(18)31-16-25(30)21-10-11-21)32-17-27-19(2)29-28(33-27)15-22-8-5-7-20-6-3-4-9-24(20)22/h3-9,12-14,30H,10-11,15-17H2,1-2H3. The molecule has 0 bridgehead atoms. The fraction of sp³-hybridized carbons (Fsp3) is 0.250. The third kappa shape index (κ3) is 5.26. The van der Waals surface area contributed by atoms with Gasteiger partial charge in [-0.15, -0.1) is 23.1 Å². The second kappa shape index (κ2) is 9.62. The third-order valence-corrected chi connectivity index (χ3v) is 8.31. The minimum Gasteiger partial charge on any atom is -0.509 e. The Balaban J connectivity index is 1.23. The fourth-order valence-corrected chi connectivity index (χ4v) is 6.16. The van der Waals surface area contributed by atoms with Crippen molar-refractivity contribution in [2.24, 2.45) is 0 Å². The van der Waals surface area contributed by atoms with Gasteiger partial charge in [0.1, 0.15) is 18.1 Å². The molecule has 1 aliphatic rings. The lowest BCUT2D eigenvalue weighted by Crippen LogP contribution is -2.02. The second-order valence-corrected chi connectivity index (χ2v) is 10.7. The summed E-state index contributed by atoms with van der Waals surface area (Å²) >= 11 is 3.65. The van der Waals surface area contributed by atoms with E-state index in [1.165, 1.54) is 31.1 Å². The van der Waals surface area contributed by atoms with E-state index in [1.54, 1.807) is 0 Å². The highest BCUT2D eigenvalue weighted by molar-refractivity contribution is 7.98. The summed E-state index contributed by atoms with van der Waals surface area (Å²) in [6.45, 7) is 4.44. The monoisotopic (exact) mass is 473 g/mol. The Bertz CT molecular complexity index is 1330. The molecule has 33 heavy (non-hydrogen) atoms. The van der Waals surface area contributed by atoms with E-state index in [0.29, 0.717) is 5.76 Å². The molecule has 5 heteroatoms. The molecule has 0 aliphatic heterocycles. The molecular weight excluding hydrogens is 446 g/mol. The second-order valence-electron chi connectivity index (χ2n) is 8.49. The zero-order valence-electron chi connectivity index (χ0n) is 18.9. The first-order chi connectivity index (χ1) is 16.1. The number of thiazole rings is 1. The minimum absolute atomic E-state index is 0.266. The first-order valence-corrected chi connectivity index (χ1v) is 13.0. The summed E-state index contributed by atoms with van der Waals surface area (Å²) in [7, 11) is 0. The Labute approximate surface area is 203 Å². The van der Waals surface area contributed by atoms with E-state index in [9.17, 15) is 5.11 Å². The highest BCUT2D eigenvalue weighted by Crippen LogP contribution is 2.33. The Morgan fingerprint density at radius 3 is 2.70 bits per heavy atom. The molecule has 0 saturated heterocycles. The van der Waals surface area contributed by atoms with Crippen LogP contribution in [-0.4, -0.2) is 16.7 Å². The van der Waals surface area contributed by atoms with Gasteiger partial charge < -0.3 is 9.84 Å². The number of rotatable bonds is 8. The van der Waals surface area contributed by atoms with Crippen LogP contribution in [-0.2, 0) is 12.2 Å². The number of aromatic nitrogens is 1. The predicted molar refractivity (Wildman–Crippen MR) is 139 cm³/mol. The van der Waals surface area contributed by atoms with Crippen LogP contribution in [0.2, 0.25) is 0 Å². The van der Waals surface area contributed by atoms with Crippen molar-refractivity contribution < 1.29 is 9.84 Å². The lowest BCUT2D eigenvalue weighted by Gasteiger charge is -2.10. The number of hydrogen-bond acceptors (Lipinski definition) is 5. The van der Waals surface area contributed by atoms with Crippen LogP contribution in [0.1, 0.15) is 39.5 Å². The van der Waals surface area contributed by atoms with Crippen molar-refractivity contribution in [3.05, 3.63) is 98.7 Å². The molecule has 0 spiro atoms. The molecule has 1 saturated carbocycles. The minimum atomic E-state index is 0.266. The lowest BCUT2D eigenvalue weighted by molar-refractivity contribution is 0.267. The summed E-state index contributed by atoms with van der Waals surface area (Å²) in [5.74, 6) is 2.14. The molecule has 1 fully saturated rings. The van der Waals surface area contributed by atoms with Crippen LogP contribution in [0.3, 0.4) is 0 Å². The molecule has 1 aromatic heterocycles. The number of nitrogens with zero attached hydrogens (tertiary/aromatic N) is 1. The summed E-state index contributed by atoms with van der Waals surface area (Å²) in [4.78, 5) is 7.42. The molecule has 0 unspecified atom stereocenters. The molecule has 4 aromatic rings. The van der Waals surface area contributed by atoms with Crippen LogP contribution in [0.15, 0.2) is 76.9 Å². The van der Waals surface area contributed by atoms with Crippen molar-refractivity contribution in [2.75, 3.05) is 6.61 Å². The zero-order valence-corrected chi connectivity index (χ0v) is 20.6. The van der Waals surface area contributed by atoms with Gasteiger partial charge in [-0.2, -0.15) is 0 Å². The van der Waals surface area contributed by atoms with E-state index in [-0.39, 0.29) is 6.61 Å². The van der Waals surface area contributed by atoms with Crippen molar-refractivity contribution >= 4 is 33.9 Å². The maximum atomic E-state index is 9.92. The van der Waals surface area contributed by atoms with Crippen molar-refractivity contribution in [1.82, 2.24) is 4.98 Å². The van der Waals surface area contributed by atoms with E-state index >= 15 is 0 Å². The van der Waals surface area contributed by atoms with E-state index < -0.39 is 0 Å². The Morgan fingerprint density at radius 1 is 1.06 bits per heavy atom. The van der Waals surface area contributed by atoms with Gasteiger partial charge in [-0.25, -0.2) is 4.98 Å². The SMILES string of the molecule is Cc1cc(SCc2sc(Cc3cccc4ccccc34)nc2C)ccc1OCC(O)=C1CC1. The Hall–Kier alpha value is -2.76. The van der Waals surface area contributed by atoms with Crippen LogP contribution in [0.25, 0.3) is 10.8 Å². The number of allylic oxidation sites excluding steroid dienone is 1. The van der Waals surface area contributed by atoms with Crippen molar-refractivity contribution in [3.63, 3.8) is 0 Å². The average molecular weight is 474 g/mol. The van der Waals surface area contributed by atoms with E-state index in [4.69, 9.17) is 9.72 Å². The molecule has 0 atom stereocenters. The summed E-state index contributed by atoms with van der Waals surface area (Å²) in [5.41, 5.74) is 4.67. The maximum Gasteiger partial charge on any atom is 0.145 e. The zero-order chi connectivity index (χ0) is 22.8. The molecule has 0 amide bonds. The number of thioether (sulfide) groups is 1. The van der Waals surface area contributed by atoms with Crippen LogP contribution in [0.5, 0.6) is 5.75 Å². The van der Waals surface area contributed by atoms with E-state index in [1.807, 2.05) is 29.2 Å². The van der Waals surface area contributed by atoms with Gasteiger partial charge in [-0.1, -0.05) is 42.5 Å². The number of hydrogen-bond donors (Lipinski definition) is 1. The van der Waals surface area contributed by atoms with Gasteiger partial charge in [-0.05, 0) is 72.4 Å². The predicted octanol–water partition coefficient (Wildman–Crippen LogP) is 7.78. The molecule has 1 N–H and O–H groups in total. The number of aryl methyl sites for hydroxylation is 2. The van der Waals surface area contributed by atoms with Crippen LogP contribution < -0.4 is 4.74 Å². The largest absolute Gasteiger partial charge is 0.509 e. The first-order valence-electron chi connectivity index (χ1n) is 11.2. The fourth-order valence-electron chi connectivity index (χ4n) is 3.93. The van der Waals surface area contributed by atoms with Gasteiger partial charge in [0.25, 0.3) is 0 Å². The van der Waals surface area contributed by atoms with Crippen molar-refractivity contribution in [2.45, 2.75) is 43.8 Å². The van der Waals surface area contributed by atoms with Gasteiger partial charge >= 0.3 is 0 Å². The number of benzene rings is 3. The van der Waals surface area contributed by atoms with Crippen molar-refractivity contribution in [1.29, 1.82) is 0 Å². The summed E-state index contributed by atoms with van der Waals surface area (Å²) < 4.78 is 5.80. The molecule has 3 aromatic carbocycles. The quantitative estimate of drug-likeness (QED) is 0.210. The summed E-state index contributed by atoms with van der Waals surface area (Å²) in [6, 6.07) is 21.3. The molecule has 1 aliphatic carbocycles. The van der Waals surface area contributed by atoms with Crippen molar-refractivity contribution in [3.8, 4) is 5.75 Å². The molecule has 0 radical (unpaired) electrons. The van der Waals surface area contributed by atoms with E-state index in [0.717, 1.165) is 47.6 Å². The maximum absolute atomic E-state index is 9.92. The third-order valence-electron chi connectivity index (χ3n) is 5.95. The van der Waals surface area contributed by atoms with Crippen LogP contribution in [0, 0.1) is 13.8 Å². The topological polar surface area (TPSA) is 42.4 Å². The number of fused-ring (bicyclic) bond motifs is 1. The normalized spacial score (nSPS) is 12.8. The van der Waals surface area contributed by atoms with Gasteiger partial charge in [0, 0.05) is 21.9 Å². The van der Waals surface area contributed by atoms with Gasteiger partial charge in [0.2, 0.25) is 0 Å². The number of aliphatic hydroxyl groups excluding tert-OH is 1. The summed E-state index contributed by atoms with van der Waals surface area (Å²) in [5, 5.41) is 13.7. The molecule has 168 valence electrons. The highest BCUT2D eigenvalue weighted by Gasteiger charge is 2.18. The van der Waals surface area contributed by atoms with Crippen LogP contribution in [0.4, 0.5) is 0 Å². The molecule has 1 heterocycles. The first kappa shape index (κ1) is 22.1. The Morgan fingerprint density at radius 2 is 1.88 bits per heavy atom. The lowest BCUT2D eigenvalue weighted by atomic mass is 10.0. The van der Waals surface area contributed by atoms with Gasteiger partial charge in [-0.3, -0.25) is 0 Å². The van der Waals surface area contributed by atoms with Crippen LogP contribution >= 0.6 is 23.1 Å². The number of ether oxygens (including phenoxy) is 1. The number of aliphatic hydroxyl groups is 1. The Kier molecular flexibility index (Phi) is 6.43. The smallest absolute Gasteiger partial charge is 0.145 e. The summed E-state index contributed by atoms with van der Waals surface area (Å²) in [6.07, 6.45) is 2.88. The van der Waals surface area contributed by atoms with Gasteiger partial charge in [0.15, 0.2) is 0 Å². The highest BCUT2D eigenvalue weighted by atomic mass is 32.2. The van der Waals surface area contributed by atoms with Gasteiger partial charge in [0.05, 0.1) is 10.7 Å². The molecule has 5 rings (SSSR count).